The predicted molar refractivity (Wildman–Crippen MR) is 81.8 cm³/mol. The summed E-state index contributed by atoms with van der Waals surface area (Å²) in [4.78, 5) is 12.1. The average Bonchev–Trinajstić information content (AvgIpc) is 2.93. The van der Waals surface area contributed by atoms with E-state index < -0.39 is 12.0 Å². The number of methoxy groups -OCH3 is 1. The van der Waals surface area contributed by atoms with Gasteiger partial charge in [-0.1, -0.05) is 28.9 Å². The lowest BCUT2D eigenvalue weighted by Crippen LogP contribution is -2.27. The number of aromatic nitrogens is 1. The van der Waals surface area contributed by atoms with Crippen LogP contribution in [0.3, 0.4) is 0 Å². The molecular weight excluding hydrogens is 308 g/mol. The van der Waals surface area contributed by atoms with Gasteiger partial charge in [0.2, 0.25) is 5.76 Å². The number of hydrogen-bond donors (Lipinski definition) is 2. The Morgan fingerprint density at radius 3 is 2.73 bits per heavy atom. The number of rotatable bonds is 6. The Balaban J connectivity index is 2.33. The molecule has 1 amide bonds. The van der Waals surface area contributed by atoms with Crippen molar-refractivity contribution in [3.63, 3.8) is 0 Å². The van der Waals surface area contributed by atoms with E-state index in [-0.39, 0.29) is 5.76 Å². The van der Waals surface area contributed by atoms with Crippen LogP contribution < -0.4 is 5.32 Å². The molecule has 0 aliphatic carbocycles. The monoisotopic (exact) mass is 324 g/mol. The molecule has 2 rings (SSSR count). The number of aliphatic hydroxyl groups excluding tert-OH is 1. The van der Waals surface area contributed by atoms with E-state index in [0.717, 1.165) is 0 Å². The molecule has 0 unspecified atom stereocenters. The summed E-state index contributed by atoms with van der Waals surface area (Å²) in [5.41, 5.74) is 1.47. The highest BCUT2D eigenvalue weighted by molar-refractivity contribution is 6.30. The van der Waals surface area contributed by atoms with Gasteiger partial charge in [-0.3, -0.25) is 4.79 Å². The van der Waals surface area contributed by atoms with Gasteiger partial charge in [0.05, 0.1) is 18.3 Å². The van der Waals surface area contributed by atoms with Gasteiger partial charge < -0.3 is 19.7 Å². The highest BCUT2D eigenvalue weighted by Gasteiger charge is 2.26. The van der Waals surface area contributed by atoms with Gasteiger partial charge in [0.15, 0.2) is 0 Å². The van der Waals surface area contributed by atoms with Gasteiger partial charge in [-0.05, 0) is 19.1 Å². The van der Waals surface area contributed by atoms with E-state index in [0.29, 0.717) is 35.0 Å². The van der Waals surface area contributed by atoms with Crippen molar-refractivity contribution in [3.05, 3.63) is 40.6 Å². The van der Waals surface area contributed by atoms with E-state index in [2.05, 4.69) is 10.5 Å². The zero-order chi connectivity index (χ0) is 16.1. The molecule has 1 aromatic heterocycles. The Morgan fingerprint density at radius 2 is 2.14 bits per heavy atom. The molecule has 1 heterocycles. The van der Waals surface area contributed by atoms with Crippen molar-refractivity contribution in [3.8, 4) is 11.3 Å². The second kappa shape index (κ2) is 7.40. The van der Waals surface area contributed by atoms with Crippen molar-refractivity contribution in [2.45, 2.75) is 13.0 Å². The summed E-state index contributed by atoms with van der Waals surface area (Å²) in [7, 11) is 1.54. The third-order valence-electron chi connectivity index (χ3n) is 3.06. The topological polar surface area (TPSA) is 84.6 Å². The van der Waals surface area contributed by atoms with Crippen LogP contribution in [0.15, 0.2) is 28.8 Å². The lowest BCUT2D eigenvalue weighted by molar-refractivity contribution is 0.0892. The first-order valence-electron chi connectivity index (χ1n) is 6.75. The van der Waals surface area contributed by atoms with E-state index in [1.807, 2.05) is 0 Å². The molecule has 0 radical (unpaired) electrons. The number of nitrogens with zero attached hydrogens (tertiary/aromatic N) is 1. The Labute approximate surface area is 133 Å². The number of carbonyl (C=O) groups excluding carboxylic acids is 1. The van der Waals surface area contributed by atoms with Crippen molar-refractivity contribution >= 4 is 17.5 Å². The first-order chi connectivity index (χ1) is 10.5. The summed E-state index contributed by atoms with van der Waals surface area (Å²) in [5.74, 6) is -0.447. The second-order valence-electron chi connectivity index (χ2n) is 4.71. The van der Waals surface area contributed by atoms with Crippen molar-refractivity contribution in [1.29, 1.82) is 0 Å². The van der Waals surface area contributed by atoms with Crippen LogP contribution in [0.1, 0.15) is 29.1 Å². The fraction of sp³-hybridized carbons (Fsp3) is 0.333. The molecule has 0 spiro atoms. The molecule has 7 heteroatoms. The first kappa shape index (κ1) is 16.5. The molecule has 0 saturated heterocycles. The molecule has 2 N–H and O–H groups in total. The fourth-order valence-corrected chi connectivity index (χ4v) is 2.14. The summed E-state index contributed by atoms with van der Waals surface area (Å²) >= 11 is 5.86. The Hall–Kier alpha value is -1.89. The Kier molecular flexibility index (Phi) is 5.54. The molecular formula is C15H17ClN2O4. The highest BCUT2D eigenvalue weighted by atomic mass is 35.5. The highest BCUT2D eigenvalue weighted by Crippen LogP contribution is 2.31. The largest absolute Gasteiger partial charge is 0.388 e. The number of benzene rings is 1. The molecule has 118 valence electrons. The molecule has 0 saturated carbocycles. The normalized spacial score (nSPS) is 12.2. The zero-order valence-electron chi connectivity index (χ0n) is 12.3. The SMILES string of the molecule is COCCNC(=O)c1onc(-c2ccc(Cl)cc2)c1[C@H](C)O. The minimum absolute atomic E-state index is 0.00365. The Bertz CT molecular complexity index is 637. The van der Waals surface area contributed by atoms with Crippen LogP contribution in [0.5, 0.6) is 0 Å². The standard InChI is InChI=1S/C15H17ClN2O4/c1-9(19)12-13(10-3-5-11(16)6-4-10)18-22-14(12)15(20)17-7-8-21-2/h3-6,9,19H,7-8H2,1-2H3,(H,17,20)/t9-/m0/s1. The van der Waals surface area contributed by atoms with E-state index in [9.17, 15) is 9.90 Å². The fourth-order valence-electron chi connectivity index (χ4n) is 2.01. The van der Waals surface area contributed by atoms with Gasteiger partial charge in [0.25, 0.3) is 5.91 Å². The molecule has 0 bridgehead atoms. The van der Waals surface area contributed by atoms with E-state index in [1.165, 1.54) is 0 Å². The average molecular weight is 325 g/mol. The van der Waals surface area contributed by atoms with Gasteiger partial charge in [0.1, 0.15) is 5.69 Å². The predicted octanol–water partition coefficient (Wildman–Crippen LogP) is 2.42. The van der Waals surface area contributed by atoms with Crippen LogP contribution >= 0.6 is 11.6 Å². The van der Waals surface area contributed by atoms with E-state index in [1.54, 1.807) is 38.3 Å². The molecule has 1 aromatic carbocycles. The summed E-state index contributed by atoms with van der Waals surface area (Å²) in [6, 6.07) is 6.91. The maximum absolute atomic E-state index is 12.1. The molecule has 1 atom stereocenters. The number of amides is 1. The number of carbonyl (C=O) groups is 1. The van der Waals surface area contributed by atoms with Crippen LogP contribution in [-0.4, -0.2) is 36.4 Å². The quantitative estimate of drug-likeness (QED) is 0.797. The van der Waals surface area contributed by atoms with Crippen LogP contribution in [0.25, 0.3) is 11.3 Å². The molecule has 0 aliphatic heterocycles. The minimum Gasteiger partial charge on any atom is -0.388 e. The second-order valence-corrected chi connectivity index (χ2v) is 5.14. The van der Waals surface area contributed by atoms with Crippen LogP contribution in [0, 0.1) is 0 Å². The van der Waals surface area contributed by atoms with Crippen LogP contribution in [0.2, 0.25) is 5.02 Å². The van der Waals surface area contributed by atoms with Crippen molar-refractivity contribution < 1.29 is 19.2 Å². The third kappa shape index (κ3) is 3.65. The lowest BCUT2D eigenvalue weighted by atomic mass is 10.0. The van der Waals surface area contributed by atoms with Crippen LogP contribution in [0.4, 0.5) is 0 Å². The zero-order valence-corrected chi connectivity index (χ0v) is 13.1. The van der Waals surface area contributed by atoms with Crippen molar-refractivity contribution in [2.24, 2.45) is 0 Å². The summed E-state index contributed by atoms with van der Waals surface area (Å²) < 4.78 is 10.0. The molecule has 2 aromatic rings. The Morgan fingerprint density at radius 1 is 1.45 bits per heavy atom. The van der Waals surface area contributed by atoms with Crippen molar-refractivity contribution in [1.82, 2.24) is 10.5 Å². The molecule has 6 nitrogen and oxygen atoms in total. The summed E-state index contributed by atoms with van der Waals surface area (Å²) in [6.07, 6.45) is -0.903. The first-order valence-corrected chi connectivity index (χ1v) is 7.13. The minimum atomic E-state index is -0.903. The molecule has 0 fully saturated rings. The van der Waals surface area contributed by atoms with Crippen LogP contribution in [-0.2, 0) is 4.74 Å². The number of aliphatic hydroxyl groups is 1. The van der Waals surface area contributed by atoms with Gasteiger partial charge >= 0.3 is 0 Å². The smallest absolute Gasteiger partial charge is 0.290 e. The van der Waals surface area contributed by atoms with Gasteiger partial charge in [-0.15, -0.1) is 0 Å². The lowest BCUT2D eigenvalue weighted by Gasteiger charge is -2.07. The number of ether oxygens (including phenoxy) is 1. The third-order valence-corrected chi connectivity index (χ3v) is 3.31. The molecule has 0 aliphatic rings. The van der Waals surface area contributed by atoms with Gasteiger partial charge in [-0.2, -0.15) is 0 Å². The summed E-state index contributed by atoms with van der Waals surface area (Å²) in [5, 5.41) is 17.1. The van der Waals surface area contributed by atoms with E-state index >= 15 is 0 Å². The maximum Gasteiger partial charge on any atom is 0.290 e. The van der Waals surface area contributed by atoms with Crippen molar-refractivity contribution in [2.75, 3.05) is 20.3 Å². The number of hydrogen-bond acceptors (Lipinski definition) is 5. The summed E-state index contributed by atoms with van der Waals surface area (Å²) in [6.45, 7) is 2.28. The van der Waals surface area contributed by atoms with Gasteiger partial charge in [0, 0.05) is 24.2 Å². The number of halogens is 1. The molecule has 22 heavy (non-hydrogen) atoms. The number of nitrogens with one attached hydrogen (secondary N) is 1. The van der Waals surface area contributed by atoms with E-state index in [4.69, 9.17) is 20.9 Å². The van der Waals surface area contributed by atoms with Gasteiger partial charge in [-0.25, -0.2) is 0 Å². The maximum atomic E-state index is 12.1.